The first-order valence-corrected chi connectivity index (χ1v) is 11.6. The maximum atomic E-state index is 12.8. The third-order valence-corrected chi connectivity index (χ3v) is 8.06. The van der Waals surface area contributed by atoms with E-state index in [-0.39, 0.29) is 16.8 Å². The van der Waals surface area contributed by atoms with Crippen LogP contribution < -0.4 is 10.6 Å². The summed E-state index contributed by atoms with van der Waals surface area (Å²) in [6.07, 6.45) is 4.80. The van der Waals surface area contributed by atoms with Gasteiger partial charge in [0.2, 0.25) is 0 Å². The quantitative estimate of drug-likeness (QED) is 0.700. The number of nitrogens with one attached hydrogen (secondary N) is 2. The smallest absolute Gasteiger partial charge is 0.309 e. The van der Waals surface area contributed by atoms with E-state index < -0.39 is 28.1 Å². The van der Waals surface area contributed by atoms with Gasteiger partial charge in [0, 0.05) is 12.6 Å². The molecule has 0 radical (unpaired) electrons. The highest BCUT2D eigenvalue weighted by molar-refractivity contribution is 7.91. The van der Waals surface area contributed by atoms with Crippen molar-refractivity contribution in [2.75, 3.05) is 19.7 Å². The van der Waals surface area contributed by atoms with Crippen LogP contribution in [0.3, 0.4) is 0 Å². The number of thiophene rings is 1. The topological polar surface area (TPSA) is 105 Å². The Morgan fingerprint density at radius 2 is 1.96 bits per heavy atom. The average Bonchev–Trinajstić information content (AvgIpc) is 3.23. The van der Waals surface area contributed by atoms with Crippen molar-refractivity contribution in [2.24, 2.45) is 0 Å². The van der Waals surface area contributed by atoms with E-state index in [1.54, 1.807) is 17.5 Å². The van der Waals surface area contributed by atoms with Crippen LogP contribution in [0.2, 0.25) is 0 Å². The number of hydrogen-bond acceptors (Lipinski definition) is 6. The highest BCUT2D eigenvalue weighted by Crippen LogP contribution is 2.25. The Bertz CT molecular complexity index is 745. The Kier molecular flexibility index (Phi) is 6.85. The molecule has 0 bridgehead atoms. The monoisotopic (exact) mass is 415 g/mol. The van der Waals surface area contributed by atoms with E-state index in [2.05, 4.69) is 10.6 Å². The van der Waals surface area contributed by atoms with Crippen LogP contribution in [0.15, 0.2) is 21.7 Å². The Hall–Kier alpha value is -1.49. The molecule has 1 aromatic heterocycles. The van der Waals surface area contributed by atoms with Gasteiger partial charge in [-0.2, -0.15) is 4.31 Å². The molecule has 1 saturated carbocycles. The van der Waals surface area contributed by atoms with E-state index in [0.29, 0.717) is 19.6 Å². The molecule has 10 heteroatoms. The molecule has 0 unspecified atom stereocenters. The molecule has 1 aliphatic carbocycles. The Morgan fingerprint density at radius 3 is 2.67 bits per heavy atom. The molecule has 2 aliphatic rings. The zero-order valence-electron chi connectivity index (χ0n) is 15.1. The third kappa shape index (κ3) is 5.07. The molecule has 2 heterocycles. The number of hydrogen-bond donors (Lipinski definition) is 2. The van der Waals surface area contributed by atoms with Gasteiger partial charge in [-0.15, -0.1) is 11.3 Å². The third-order valence-electron chi connectivity index (χ3n) is 4.80. The summed E-state index contributed by atoms with van der Waals surface area (Å²) in [5, 5.41) is 6.96. The van der Waals surface area contributed by atoms with Crippen LogP contribution in [0, 0.1) is 0 Å². The van der Waals surface area contributed by atoms with Crippen molar-refractivity contribution in [2.45, 2.75) is 55.0 Å². The second-order valence-electron chi connectivity index (χ2n) is 6.75. The molecule has 27 heavy (non-hydrogen) atoms. The summed E-state index contributed by atoms with van der Waals surface area (Å²) in [5.74, 6) is -1.44. The second-order valence-corrected chi connectivity index (χ2v) is 9.81. The molecule has 0 spiro atoms. The summed E-state index contributed by atoms with van der Waals surface area (Å²) >= 11 is 1.14. The van der Waals surface area contributed by atoms with Crippen molar-refractivity contribution in [1.29, 1.82) is 0 Å². The van der Waals surface area contributed by atoms with Gasteiger partial charge in [-0.25, -0.2) is 8.42 Å². The lowest BCUT2D eigenvalue weighted by Gasteiger charge is -2.34. The molecular weight excluding hydrogens is 390 g/mol. The molecule has 1 aromatic rings. The standard InChI is InChI=1S/C17H25N3O5S2/c21-16(17(22)19-13-6-2-1-3-7-13)18-12-14-20(9-5-10-25-14)27(23,24)15-8-4-11-26-15/h4,8,11,13-14H,1-3,5-7,9-10,12H2,(H,18,21)(H,19,22)/t14-/m0/s1. The number of carbonyl (C=O) groups excluding carboxylic acids is 2. The zero-order chi connectivity index (χ0) is 19.3. The molecule has 3 rings (SSSR count). The molecule has 1 atom stereocenters. The maximum Gasteiger partial charge on any atom is 0.309 e. The fourth-order valence-corrected chi connectivity index (χ4v) is 6.07. The van der Waals surface area contributed by atoms with Crippen molar-refractivity contribution in [3.63, 3.8) is 0 Å². The zero-order valence-corrected chi connectivity index (χ0v) is 16.7. The van der Waals surface area contributed by atoms with E-state index in [1.807, 2.05) is 0 Å². The van der Waals surface area contributed by atoms with E-state index in [4.69, 9.17) is 4.74 Å². The van der Waals surface area contributed by atoms with Gasteiger partial charge < -0.3 is 15.4 Å². The van der Waals surface area contributed by atoms with E-state index in [9.17, 15) is 18.0 Å². The first-order chi connectivity index (χ1) is 13.0. The fourth-order valence-electron chi connectivity index (χ4n) is 3.39. The SMILES string of the molecule is O=C(NC[C@@H]1OCCCN1S(=O)(=O)c1cccs1)C(=O)NC1CCCCC1. The van der Waals surface area contributed by atoms with Crippen LogP contribution >= 0.6 is 11.3 Å². The van der Waals surface area contributed by atoms with Crippen molar-refractivity contribution in [1.82, 2.24) is 14.9 Å². The predicted molar refractivity (Wildman–Crippen MR) is 101 cm³/mol. The number of rotatable bonds is 5. The molecule has 2 amide bonds. The molecule has 2 N–H and O–H groups in total. The molecule has 1 aliphatic heterocycles. The lowest BCUT2D eigenvalue weighted by atomic mass is 9.95. The van der Waals surface area contributed by atoms with Crippen molar-refractivity contribution < 1.29 is 22.7 Å². The van der Waals surface area contributed by atoms with Gasteiger partial charge in [0.1, 0.15) is 10.4 Å². The van der Waals surface area contributed by atoms with Crippen LogP contribution in [0.4, 0.5) is 0 Å². The lowest BCUT2D eigenvalue weighted by molar-refractivity contribution is -0.140. The van der Waals surface area contributed by atoms with Crippen molar-refractivity contribution in [3.8, 4) is 0 Å². The first kappa shape index (κ1) is 20.2. The summed E-state index contributed by atoms with van der Waals surface area (Å²) in [6.45, 7) is 0.655. The van der Waals surface area contributed by atoms with E-state index in [0.717, 1.165) is 43.4 Å². The summed E-state index contributed by atoms with van der Waals surface area (Å²) in [5.41, 5.74) is 0. The molecule has 150 valence electrons. The predicted octanol–water partition coefficient (Wildman–Crippen LogP) is 1.05. The van der Waals surface area contributed by atoms with Gasteiger partial charge in [0.25, 0.3) is 10.0 Å². The minimum atomic E-state index is -3.68. The Morgan fingerprint density at radius 1 is 1.19 bits per heavy atom. The summed E-state index contributed by atoms with van der Waals surface area (Å²) in [4.78, 5) is 24.2. The average molecular weight is 416 g/mol. The number of carbonyl (C=O) groups is 2. The summed E-state index contributed by atoms with van der Waals surface area (Å²) in [6, 6.07) is 3.26. The first-order valence-electron chi connectivity index (χ1n) is 9.24. The maximum absolute atomic E-state index is 12.8. The van der Waals surface area contributed by atoms with Crippen LogP contribution in [-0.4, -0.2) is 56.5 Å². The molecular formula is C17H25N3O5S2. The van der Waals surface area contributed by atoms with Gasteiger partial charge in [0.15, 0.2) is 0 Å². The number of sulfonamides is 1. The molecule has 1 saturated heterocycles. The summed E-state index contributed by atoms with van der Waals surface area (Å²) in [7, 11) is -3.68. The Balaban J connectivity index is 1.56. The highest BCUT2D eigenvalue weighted by atomic mass is 32.2. The van der Waals surface area contributed by atoms with Gasteiger partial charge in [-0.3, -0.25) is 9.59 Å². The summed E-state index contributed by atoms with van der Waals surface area (Å²) < 4.78 is 32.6. The number of ether oxygens (including phenoxy) is 1. The van der Waals surface area contributed by atoms with Crippen LogP contribution in [-0.2, 0) is 24.3 Å². The van der Waals surface area contributed by atoms with E-state index >= 15 is 0 Å². The fraction of sp³-hybridized carbons (Fsp3) is 0.647. The molecule has 2 fully saturated rings. The van der Waals surface area contributed by atoms with Crippen molar-refractivity contribution in [3.05, 3.63) is 17.5 Å². The number of amides is 2. The largest absolute Gasteiger partial charge is 0.360 e. The van der Waals surface area contributed by atoms with Gasteiger partial charge in [-0.1, -0.05) is 25.3 Å². The highest BCUT2D eigenvalue weighted by Gasteiger charge is 2.35. The van der Waals surface area contributed by atoms with Crippen molar-refractivity contribution >= 4 is 33.2 Å². The minimum absolute atomic E-state index is 0.0404. The number of nitrogens with zero attached hydrogens (tertiary/aromatic N) is 1. The minimum Gasteiger partial charge on any atom is -0.360 e. The van der Waals surface area contributed by atoms with Gasteiger partial charge in [0.05, 0.1) is 13.2 Å². The van der Waals surface area contributed by atoms with Crippen LogP contribution in [0.1, 0.15) is 38.5 Å². The second kappa shape index (κ2) is 9.13. The Labute approximate surface area is 163 Å². The lowest BCUT2D eigenvalue weighted by Crippen LogP contribution is -2.53. The van der Waals surface area contributed by atoms with Crippen LogP contribution in [0.25, 0.3) is 0 Å². The van der Waals surface area contributed by atoms with Gasteiger partial charge in [-0.05, 0) is 30.7 Å². The van der Waals surface area contributed by atoms with Crippen LogP contribution in [0.5, 0.6) is 0 Å². The van der Waals surface area contributed by atoms with Gasteiger partial charge >= 0.3 is 11.8 Å². The van der Waals surface area contributed by atoms with E-state index in [1.165, 1.54) is 4.31 Å². The molecule has 8 nitrogen and oxygen atoms in total. The molecule has 0 aromatic carbocycles. The normalized spacial score (nSPS) is 22.3.